The summed E-state index contributed by atoms with van der Waals surface area (Å²) in [5.74, 6) is -0.353. The molecule has 0 saturated carbocycles. The highest BCUT2D eigenvalue weighted by Crippen LogP contribution is 2.24. The predicted octanol–water partition coefficient (Wildman–Crippen LogP) is 2.46. The first-order valence-electron chi connectivity index (χ1n) is 7.36. The third-order valence-corrected chi connectivity index (χ3v) is 3.44. The summed E-state index contributed by atoms with van der Waals surface area (Å²) in [6.07, 6.45) is -0.423. The van der Waals surface area contributed by atoms with E-state index in [1.54, 1.807) is 17.0 Å². The summed E-state index contributed by atoms with van der Waals surface area (Å²) in [5.41, 5.74) is 6.28. The Kier molecular flexibility index (Phi) is 5.03. The molecule has 2 N–H and O–H groups in total. The van der Waals surface area contributed by atoms with Gasteiger partial charge in [-0.15, -0.1) is 0 Å². The smallest absolute Gasteiger partial charge is 0.410 e. The molecule has 1 saturated heterocycles. The molecular weight excluding hydrogens is 287 g/mol. The van der Waals surface area contributed by atoms with Crippen LogP contribution in [0.15, 0.2) is 24.3 Å². The molecule has 2 unspecified atom stereocenters. The van der Waals surface area contributed by atoms with Crippen molar-refractivity contribution in [3.8, 4) is 0 Å². The maximum atomic E-state index is 13.4. The summed E-state index contributed by atoms with van der Waals surface area (Å²) < 4.78 is 24.2. The van der Waals surface area contributed by atoms with E-state index in [4.69, 9.17) is 15.2 Å². The maximum Gasteiger partial charge on any atom is 0.410 e. The number of carbonyl (C=O) groups excluding carboxylic acids is 1. The number of amides is 1. The Balaban J connectivity index is 2.17. The van der Waals surface area contributed by atoms with Crippen molar-refractivity contribution >= 4 is 6.09 Å². The van der Waals surface area contributed by atoms with Crippen LogP contribution in [0.2, 0.25) is 0 Å². The number of hydrogen-bond acceptors (Lipinski definition) is 4. The van der Waals surface area contributed by atoms with Gasteiger partial charge in [-0.3, -0.25) is 4.90 Å². The lowest BCUT2D eigenvalue weighted by atomic mass is 9.98. The molecule has 1 aromatic rings. The lowest BCUT2D eigenvalue weighted by Gasteiger charge is -2.39. The predicted molar refractivity (Wildman–Crippen MR) is 80.9 cm³/mol. The van der Waals surface area contributed by atoms with Crippen LogP contribution in [0.4, 0.5) is 9.18 Å². The SMILES string of the molecule is CC(C)(C)OC(=O)N1CCOCC1C(N)c1cccc(F)c1. The van der Waals surface area contributed by atoms with Gasteiger partial charge in [0, 0.05) is 6.54 Å². The Labute approximate surface area is 130 Å². The van der Waals surface area contributed by atoms with Gasteiger partial charge in [0.25, 0.3) is 0 Å². The molecule has 22 heavy (non-hydrogen) atoms. The van der Waals surface area contributed by atoms with E-state index in [2.05, 4.69) is 0 Å². The van der Waals surface area contributed by atoms with Crippen LogP contribution in [0, 0.1) is 5.82 Å². The van der Waals surface area contributed by atoms with Crippen molar-refractivity contribution < 1.29 is 18.7 Å². The Morgan fingerprint density at radius 1 is 1.50 bits per heavy atom. The van der Waals surface area contributed by atoms with Gasteiger partial charge in [0.2, 0.25) is 0 Å². The summed E-state index contributed by atoms with van der Waals surface area (Å²) >= 11 is 0. The van der Waals surface area contributed by atoms with Crippen molar-refractivity contribution in [3.63, 3.8) is 0 Å². The monoisotopic (exact) mass is 310 g/mol. The molecule has 1 amide bonds. The van der Waals surface area contributed by atoms with Crippen LogP contribution in [0.1, 0.15) is 32.4 Å². The van der Waals surface area contributed by atoms with E-state index >= 15 is 0 Å². The second-order valence-electron chi connectivity index (χ2n) is 6.40. The lowest BCUT2D eigenvalue weighted by Crippen LogP contribution is -2.54. The number of rotatable bonds is 2. The molecule has 1 fully saturated rings. The third-order valence-electron chi connectivity index (χ3n) is 3.44. The van der Waals surface area contributed by atoms with Crippen LogP contribution in [0.25, 0.3) is 0 Å². The van der Waals surface area contributed by atoms with Crippen LogP contribution in [0.3, 0.4) is 0 Å². The van der Waals surface area contributed by atoms with Gasteiger partial charge in [-0.05, 0) is 38.5 Å². The molecule has 0 aromatic heterocycles. The van der Waals surface area contributed by atoms with Gasteiger partial charge in [-0.1, -0.05) is 12.1 Å². The zero-order valence-electron chi connectivity index (χ0n) is 13.2. The Morgan fingerprint density at radius 2 is 2.23 bits per heavy atom. The zero-order chi connectivity index (χ0) is 16.3. The average molecular weight is 310 g/mol. The van der Waals surface area contributed by atoms with Crippen molar-refractivity contribution in [1.29, 1.82) is 0 Å². The van der Waals surface area contributed by atoms with E-state index in [0.717, 1.165) is 0 Å². The van der Waals surface area contributed by atoms with Crippen molar-refractivity contribution in [1.82, 2.24) is 4.90 Å². The molecule has 122 valence electrons. The summed E-state index contributed by atoms with van der Waals surface area (Å²) in [5, 5.41) is 0. The zero-order valence-corrected chi connectivity index (χ0v) is 13.2. The third kappa shape index (κ3) is 4.18. The van der Waals surface area contributed by atoms with Crippen LogP contribution < -0.4 is 5.73 Å². The fourth-order valence-electron chi connectivity index (χ4n) is 2.40. The van der Waals surface area contributed by atoms with Crippen LogP contribution >= 0.6 is 0 Å². The van der Waals surface area contributed by atoms with Gasteiger partial charge in [0.15, 0.2) is 0 Å². The van der Waals surface area contributed by atoms with E-state index in [9.17, 15) is 9.18 Å². The highest BCUT2D eigenvalue weighted by atomic mass is 19.1. The number of ether oxygens (including phenoxy) is 2. The molecule has 6 heteroatoms. The minimum Gasteiger partial charge on any atom is -0.444 e. The lowest BCUT2D eigenvalue weighted by molar-refractivity contribution is -0.0382. The van der Waals surface area contributed by atoms with Gasteiger partial charge in [-0.2, -0.15) is 0 Å². The summed E-state index contributed by atoms with van der Waals surface area (Å²) in [6.45, 7) is 6.58. The minimum absolute atomic E-state index is 0.303. The van der Waals surface area contributed by atoms with Gasteiger partial charge < -0.3 is 15.2 Å². The number of nitrogens with two attached hydrogens (primary N) is 1. The second-order valence-corrected chi connectivity index (χ2v) is 6.40. The number of morpholine rings is 1. The molecule has 1 aliphatic heterocycles. The maximum absolute atomic E-state index is 13.4. The van der Waals surface area contributed by atoms with Gasteiger partial charge in [0.1, 0.15) is 11.4 Å². The normalized spacial score (nSPS) is 20.6. The first kappa shape index (κ1) is 16.7. The number of benzene rings is 1. The fourth-order valence-corrected chi connectivity index (χ4v) is 2.40. The van der Waals surface area contributed by atoms with Crippen molar-refractivity contribution in [2.75, 3.05) is 19.8 Å². The molecule has 2 rings (SSSR count). The largest absolute Gasteiger partial charge is 0.444 e. The molecular formula is C16H23FN2O3. The molecule has 0 bridgehead atoms. The van der Waals surface area contributed by atoms with E-state index in [0.29, 0.717) is 25.3 Å². The molecule has 0 radical (unpaired) electrons. The van der Waals surface area contributed by atoms with Gasteiger partial charge in [0.05, 0.1) is 25.3 Å². The topological polar surface area (TPSA) is 64.8 Å². The first-order chi connectivity index (χ1) is 10.3. The standard InChI is InChI=1S/C16H23FN2O3/c1-16(2,3)22-15(20)19-7-8-21-10-13(19)14(18)11-5-4-6-12(17)9-11/h4-6,9,13-14H,7-8,10,18H2,1-3H3. The second kappa shape index (κ2) is 6.62. The molecule has 0 aliphatic carbocycles. The fraction of sp³-hybridized carbons (Fsp3) is 0.562. The van der Waals surface area contributed by atoms with Crippen molar-refractivity contribution in [3.05, 3.63) is 35.6 Å². The van der Waals surface area contributed by atoms with E-state index in [-0.39, 0.29) is 11.9 Å². The number of nitrogens with zero attached hydrogens (tertiary/aromatic N) is 1. The minimum atomic E-state index is -0.580. The van der Waals surface area contributed by atoms with Gasteiger partial charge >= 0.3 is 6.09 Å². The summed E-state index contributed by atoms with van der Waals surface area (Å²) in [4.78, 5) is 13.9. The van der Waals surface area contributed by atoms with E-state index < -0.39 is 17.7 Å². The van der Waals surface area contributed by atoms with Crippen LogP contribution in [-0.2, 0) is 9.47 Å². The number of halogens is 1. The Bertz CT molecular complexity index is 530. The Hall–Kier alpha value is -1.66. The highest BCUT2D eigenvalue weighted by molar-refractivity contribution is 5.69. The van der Waals surface area contributed by atoms with Crippen molar-refractivity contribution in [2.45, 2.75) is 38.5 Å². The highest BCUT2D eigenvalue weighted by Gasteiger charge is 2.35. The summed E-state index contributed by atoms with van der Waals surface area (Å²) in [7, 11) is 0. The first-order valence-corrected chi connectivity index (χ1v) is 7.36. The molecule has 0 spiro atoms. The van der Waals surface area contributed by atoms with E-state index in [1.807, 2.05) is 20.8 Å². The number of carbonyl (C=O) groups is 1. The quantitative estimate of drug-likeness (QED) is 0.911. The van der Waals surface area contributed by atoms with E-state index in [1.165, 1.54) is 12.1 Å². The molecule has 1 aliphatic rings. The average Bonchev–Trinajstić information content (AvgIpc) is 2.44. The molecule has 1 heterocycles. The number of hydrogen-bond donors (Lipinski definition) is 1. The van der Waals surface area contributed by atoms with Crippen LogP contribution in [0.5, 0.6) is 0 Å². The van der Waals surface area contributed by atoms with Gasteiger partial charge in [-0.25, -0.2) is 9.18 Å². The summed E-state index contributed by atoms with van der Waals surface area (Å²) in [6, 6.07) is 5.17. The van der Waals surface area contributed by atoms with Crippen molar-refractivity contribution in [2.24, 2.45) is 5.73 Å². The molecule has 2 atom stereocenters. The Morgan fingerprint density at radius 3 is 2.86 bits per heavy atom. The van der Waals surface area contributed by atoms with Crippen LogP contribution in [-0.4, -0.2) is 42.4 Å². The molecule has 5 nitrogen and oxygen atoms in total. The molecule has 1 aromatic carbocycles.